The van der Waals surface area contributed by atoms with Gasteiger partial charge in [-0.2, -0.15) is 0 Å². The monoisotopic (exact) mass is 277 g/mol. The van der Waals surface area contributed by atoms with Crippen molar-refractivity contribution in [3.8, 4) is 11.5 Å². The number of benzene rings is 1. The second-order valence-electron chi connectivity index (χ2n) is 4.20. The van der Waals surface area contributed by atoms with E-state index in [1.165, 1.54) is 21.1 Å². The van der Waals surface area contributed by atoms with E-state index in [4.69, 9.17) is 14.2 Å². The number of aromatic nitrogens is 1. The van der Waals surface area contributed by atoms with Crippen LogP contribution in [0, 0.1) is 0 Å². The highest BCUT2D eigenvalue weighted by atomic mass is 16.5. The largest absolute Gasteiger partial charge is 0.493 e. The molecule has 1 N–H and O–H groups in total. The Morgan fingerprint density at radius 1 is 1.15 bits per heavy atom. The lowest BCUT2D eigenvalue weighted by atomic mass is 10.1. The van der Waals surface area contributed by atoms with Crippen molar-refractivity contribution < 1.29 is 19.0 Å². The summed E-state index contributed by atoms with van der Waals surface area (Å²) in [7, 11) is 3.06. The van der Waals surface area contributed by atoms with Gasteiger partial charge in [0, 0.05) is 18.4 Å². The van der Waals surface area contributed by atoms with Gasteiger partial charge in [-0.15, -0.1) is 0 Å². The Hall–Kier alpha value is -2.50. The van der Waals surface area contributed by atoms with Gasteiger partial charge in [0.15, 0.2) is 11.5 Å². The Bertz CT molecular complexity index is 705. The number of esters is 1. The number of carbonyl (C=O) groups is 1. The Balaban J connectivity index is 2.52. The van der Waals surface area contributed by atoms with Crippen molar-refractivity contribution in [2.45, 2.75) is 13.5 Å². The number of hydrogen-bond donors (Lipinski definition) is 1. The Kier molecular flexibility index (Phi) is 3.93. The Morgan fingerprint density at radius 3 is 2.40 bits per heavy atom. The third kappa shape index (κ3) is 2.74. The quantitative estimate of drug-likeness (QED) is 0.859. The number of aromatic amines is 1. The number of rotatable bonds is 4. The van der Waals surface area contributed by atoms with Gasteiger partial charge in [-0.3, -0.25) is 9.59 Å². The molecule has 2 aromatic rings. The summed E-state index contributed by atoms with van der Waals surface area (Å²) in [6, 6.07) is 5.10. The molecule has 0 saturated heterocycles. The van der Waals surface area contributed by atoms with Crippen molar-refractivity contribution >= 4 is 16.9 Å². The molecule has 106 valence electrons. The van der Waals surface area contributed by atoms with Gasteiger partial charge in [-0.05, 0) is 12.1 Å². The Labute approximate surface area is 115 Å². The molecule has 2 rings (SSSR count). The first-order valence-electron chi connectivity index (χ1n) is 5.96. The molecule has 0 saturated carbocycles. The number of carbonyl (C=O) groups excluding carboxylic acids is 1. The topological polar surface area (TPSA) is 77.6 Å². The van der Waals surface area contributed by atoms with Gasteiger partial charge in [0.1, 0.15) is 6.61 Å². The van der Waals surface area contributed by atoms with Crippen molar-refractivity contribution in [1.29, 1.82) is 0 Å². The summed E-state index contributed by atoms with van der Waals surface area (Å²) in [5.41, 5.74) is 0.699. The maximum atomic E-state index is 11.9. The molecule has 0 amide bonds. The summed E-state index contributed by atoms with van der Waals surface area (Å²) in [5.74, 6) is 0.658. The summed E-state index contributed by atoms with van der Waals surface area (Å²) in [6.45, 7) is 1.23. The van der Waals surface area contributed by atoms with Crippen LogP contribution in [0.15, 0.2) is 23.0 Å². The first-order chi connectivity index (χ1) is 9.55. The molecule has 0 aliphatic carbocycles. The van der Waals surface area contributed by atoms with Crippen molar-refractivity contribution in [2.24, 2.45) is 0 Å². The van der Waals surface area contributed by atoms with Crippen LogP contribution in [-0.2, 0) is 16.1 Å². The second-order valence-corrected chi connectivity index (χ2v) is 4.20. The zero-order valence-corrected chi connectivity index (χ0v) is 11.5. The molecule has 0 bridgehead atoms. The molecule has 0 radical (unpaired) electrons. The van der Waals surface area contributed by atoms with E-state index in [0.717, 1.165) is 5.39 Å². The average Bonchev–Trinajstić information content (AvgIpc) is 2.43. The van der Waals surface area contributed by atoms with E-state index in [1.54, 1.807) is 18.2 Å². The number of pyridine rings is 1. The van der Waals surface area contributed by atoms with Gasteiger partial charge in [-0.25, -0.2) is 0 Å². The molecule has 0 fully saturated rings. The molecule has 0 aliphatic rings. The Morgan fingerprint density at radius 2 is 1.80 bits per heavy atom. The van der Waals surface area contributed by atoms with Crippen LogP contribution in [0.3, 0.4) is 0 Å². The molecule has 6 heteroatoms. The van der Waals surface area contributed by atoms with Gasteiger partial charge in [0.05, 0.1) is 25.3 Å². The van der Waals surface area contributed by atoms with Gasteiger partial charge < -0.3 is 19.2 Å². The number of H-pyrrole nitrogens is 1. The third-order valence-electron chi connectivity index (χ3n) is 2.86. The fourth-order valence-electron chi connectivity index (χ4n) is 1.86. The van der Waals surface area contributed by atoms with Crippen LogP contribution < -0.4 is 15.0 Å². The van der Waals surface area contributed by atoms with Crippen LogP contribution in [0.25, 0.3) is 10.9 Å². The summed E-state index contributed by atoms with van der Waals surface area (Å²) in [5, 5.41) is 0.768. The molecular formula is C14H15NO5. The molecule has 0 atom stereocenters. The van der Waals surface area contributed by atoms with Crippen molar-refractivity contribution in [3.63, 3.8) is 0 Å². The van der Waals surface area contributed by atoms with Crippen molar-refractivity contribution in [1.82, 2.24) is 4.98 Å². The normalized spacial score (nSPS) is 10.3. The van der Waals surface area contributed by atoms with Crippen molar-refractivity contribution in [3.05, 3.63) is 34.1 Å². The average molecular weight is 277 g/mol. The lowest BCUT2D eigenvalue weighted by molar-refractivity contribution is -0.142. The van der Waals surface area contributed by atoms with Crippen LogP contribution in [0.5, 0.6) is 11.5 Å². The number of hydrogen-bond acceptors (Lipinski definition) is 5. The number of nitrogens with one attached hydrogen (secondary N) is 1. The summed E-state index contributed by atoms with van der Waals surface area (Å²) in [4.78, 5) is 25.4. The van der Waals surface area contributed by atoms with Crippen LogP contribution in [0.4, 0.5) is 0 Å². The van der Waals surface area contributed by atoms with Crippen LogP contribution in [-0.4, -0.2) is 25.2 Å². The molecule has 20 heavy (non-hydrogen) atoms. The number of fused-ring (bicyclic) bond motifs is 1. The van der Waals surface area contributed by atoms with E-state index >= 15 is 0 Å². The summed E-state index contributed by atoms with van der Waals surface area (Å²) >= 11 is 0. The predicted octanol–water partition coefficient (Wildman–Crippen LogP) is 1.61. The highest BCUT2D eigenvalue weighted by Crippen LogP contribution is 2.31. The minimum atomic E-state index is -0.434. The van der Waals surface area contributed by atoms with E-state index in [2.05, 4.69) is 4.98 Å². The second kappa shape index (κ2) is 5.64. The molecular weight excluding hydrogens is 262 g/mol. The molecule has 1 heterocycles. The molecule has 0 spiro atoms. The van der Waals surface area contributed by atoms with E-state index in [1.807, 2.05) is 0 Å². The molecule has 1 aromatic carbocycles. The standard InChI is InChI=1S/C14H15NO5/c1-8(16)20-7-10-4-9-5-12(18-2)13(19-3)6-11(9)15-14(10)17/h4-6H,7H2,1-3H3,(H,15,17). The number of ether oxygens (including phenoxy) is 3. The first-order valence-corrected chi connectivity index (χ1v) is 5.96. The highest BCUT2D eigenvalue weighted by Gasteiger charge is 2.09. The molecule has 0 unspecified atom stereocenters. The zero-order chi connectivity index (χ0) is 14.7. The maximum Gasteiger partial charge on any atom is 0.302 e. The number of methoxy groups -OCH3 is 2. The lowest BCUT2D eigenvalue weighted by Crippen LogP contribution is -2.14. The van der Waals surface area contributed by atoms with Gasteiger partial charge in [-0.1, -0.05) is 0 Å². The molecule has 1 aromatic heterocycles. The van der Waals surface area contributed by atoms with Crippen LogP contribution in [0.1, 0.15) is 12.5 Å². The first kappa shape index (κ1) is 13.9. The van der Waals surface area contributed by atoms with Gasteiger partial charge in [0.25, 0.3) is 5.56 Å². The van der Waals surface area contributed by atoms with Crippen molar-refractivity contribution in [2.75, 3.05) is 14.2 Å². The molecule has 6 nitrogen and oxygen atoms in total. The van der Waals surface area contributed by atoms with Crippen LogP contribution in [0.2, 0.25) is 0 Å². The van der Waals surface area contributed by atoms with E-state index < -0.39 is 5.97 Å². The van der Waals surface area contributed by atoms with E-state index in [9.17, 15) is 9.59 Å². The minimum absolute atomic E-state index is 0.0606. The smallest absolute Gasteiger partial charge is 0.302 e. The highest BCUT2D eigenvalue weighted by molar-refractivity contribution is 5.83. The summed E-state index contributed by atoms with van der Waals surface area (Å²) in [6.07, 6.45) is 0. The SMILES string of the molecule is COc1cc2cc(COC(C)=O)c(=O)[nH]c2cc1OC. The van der Waals surface area contributed by atoms with Gasteiger partial charge in [0.2, 0.25) is 0 Å². The summed E-state index contributed by atoms with van der Waals surface area (Å²) < 4.78 is 15.2. The van der Waals surface area contributed by atoms with Gasteiger partial charge >= 0.3 is 5.97 Å². The third-order valence-corrected chi connectivity index (χ3v) is 2.86. The predicted molar refractivity (Wildman–Crippen MR) is 73.1 cm³/mol. The fraction of sp³-hybridized carbons (Fsp3) is 0.286. The lowest BCUT2D eigenvalue weighted by Gasteiger charge is -2.10. The van der Waals surface area contributed by atoms with Crippen LogP contribution >= 0.6 is 0 Å². The maximum absolute atomic E-state index is 11.9. The van der Waals surface area contributed by atoms with E-state index in [-0.39, 0.29) is 12.2 Å². The minimum Gasteiger partial charge on any atom is -0.493 e. The molecule has 0 aliphatic heterocycles. The zero-order valence-electron chi connectivity index (χ0n) is 11.5. The fourth-order valence-corrected chi connectivity index (χ4v) is 1.86. The van der Waals surface area contributed by atoms with E-state index in [0.29, 0.717) is 22.6 Å².